The van der Waals surface area contributed by atoms with E-state index in [1.807, 2.05) is 54.3 Å². The Kier molecular flexibility index (Phi) is 4.42. The van der Waals surface area contributed by atoms with Crippen LogP contribution in [0.1, 0.15) is 37.3 Å². The molecule has 0 atom stereocenters. The lowest BCUT2D eigenvalue weighted by molar-refractivity contribution is 0.236. The van der Waals surface area contributed by atoms with Gasteiger partial charge in [0, 0.05) is 24.1 Å². The van der Waals surface area contributed by atoms with Gasteiger partial charge in [-0.2, -0.15) is 5.10 Å². The predicted octanol–water partition coefficient (Wildman–Crippen LogP) is 3.50. The molecule has 1 heterocycles. The normalized spacial score (nSPS) is 21.3. The molecule has 0 spiro atoms. The number of carbonyl (C=O) groups excluding carboxylic acids is 1. The zero-order valence-electron chi connectivity index (χ0n) is 12.8. The van der Waals surface area contributed by atoms with Crippen LogP contribution in [0.15, 0.2) is 42.7 Å². The second kappa shape index (κ2) is 6.64. The van der Waals surface area contributed by atoms with Crippen molar-refractivity contribution in [2.24, 2.45) is 0 Å². The molecule has 22 heavy (non-hydrogen) atoms. The van der Waals surface area contributed by atoms with E-state index in [9.17, 15) is 4.79 Å². The first-order valence-electron chi connectivity index (χ1n) is 7.84. The Hall–Kier alpha value is -2.30. The van der Waals surface area contributed by atoms with Crippen LogP contribution in [0, 0.1) is 6.92 Å². The number of hydrogen-bond acceptors (Lipinski definition) is 2. The number of aromatic nitrogens is 2. The topological polar surface area (TPSA) is 59.0 Å². The van der Waals surface area contributed by atoms with Crippen LogP contribution in [-0.2, 0) is 0 Å². The number of rotatable bonds is 3. The number of amides is 2. The Labute approximate surface area is 130 Å². The first-order valence-corrected chi connectivity index (χ1v) is 7.84. The molecule has 2 N–H and O–H groups in total. The molecular formula is C17H22N4O. The summed E-state index contributed by atoms with van der Waals surface area (Å²) in [7, 11) is 0. The fourth-order valence-electron chi connectivity index (χ4n) is 3.04. The number of urea groups is 1. The van der Waals surface area contributed by atoms with E-state index in [1.165, 1.54) is 0 Å². The van der Waals surface area contributed by atoms with Crippen LogP contribution in [0.3, 0.4) is 0 Å². The molecule has 3 rings (SSSR count). The number of anilines is 1. The maximum Gasteiger partial charge on any atom is 0.319 e. The van der Waals surface area contributed by atoms with E-state index in [-0.39, 0.29) is 12.1 Å². The molecule has 1 saturated carbocycles. The Morgan fingerprint density at radius 1 is 1.18 bits per heavy atom. The van der Waals surface area contributed by atoms with Gasteiger partial charge in [0.1, 0.15) is 0 Å². The Morgan fingerprint density at radius 2 is 1.95 bits per heavy atom. The highest BCUT2D eigenvalue weighted by Gasteiger charge is 2.23. The van der Waals surface area contributed by atoms with Crippen LogP contribution in [-0.4, -0.2) is 21.9 Å². The summed E-state index contributed by atoms with van der Waals surface area (Å²) >= 11 is 0. The Morgan fingerprint density at radius 3 is 2.64 bits per heavy atom. The minimum atomic E-state index is -0.114. The lowest BCUT2D eigenvalue weighted by atomic mass is 9.91. The van der Waals surface area contributed by atoms with Crippen molar-refractivity contribution in [3.05, 3.63) is 48.3 Å². The summed E-state index contributed by atoms with van der Waals surface area (Å²) in [4.78, 5) is 12.1. The average molecular weight is 298 g/mol. The maximum absolute atomic E-state index is 12.1. The van der Waals surface area contributed by atoms with E-state index in [0.29, 0.717) is 6.04 Å². The molecule has 116 valence electrons. The van der Waals surface area contributed by atoms with Crippen LogP contribution in [0.2, 0.25) is 0 Å². The minimum absolute atomic E-state index is 0.114. The highest BCUT2D eigenvalue weighted by atomic mass is 16.2. The van der Waals surface area contributed by atoms with Gasteiger partial charge in [0.05, 0.1) is 6.04 Å². The quantitative estimate of drug-likeness (QED) is 0.911. The molecule has 0 radical (unpaired) electrons. The van der Waals surface area contributed by atoms with Gasteiger partial charge in [0.15, 0.2) is 0 Å². The van der Waals surface area contributed by atoms with Crippen LogP contribution in [0.4, 0.5) is 10.5 Å². The smallest absolute Gasteiger partial charge is 0.319 e. The van der Waals surface area contributed by atoms with Crippen molar-refractivity contribution >= 4 is 11.7 Å². The number of nitrogens with one attached hydrogen (secondary N) is 2. The highest BCUT2D eigenvalue weighted by Crippen LogP contribution is 2.27. The molecule has 1 aromatic heterocycles. The summed E-state index contributed by atoms with van der Waals surface area (Å²) in [6.07, 6.45) is 7.93. The van der Waals surface area contributed by atoms with E-state index in [4.69, 9.17) is 0 Å². The van der Waals surface area contributed by atoms with Crippen LogP contribution < -0.4 is 10.6 Å². The second-order valence-electron chi connectivity index (χ2n) is 5.90. The zero-order valence-corrected chi connectivity index (χ0v) is 12.8. The summed E-state index contributed by atoms with van der Waals surface area (Å²) < 4.78 is 2.03. The number of hydrogen-bond donors (Lipinski definition) is 2. The SMILES string of the molecule is Cc1ccccc1NC(=O)NC1CCC(n2cccn2)CC1. The fourth-order valence-corrected chi connectivity index (χ4v) is 3.04. The molecule has 0 bridgehead atoms. The fraction of sp³-hybridized carbons (Fsp3) is 0.412. The molecule has 2 aromatic rings. The van der Waals surface area contributed by atoms with E-state index >= 15 is 0 Å². The number of carbonyl (C=O) groups is 1. The van der Waals surface area contributed by atoms with Crippen molar-refractivity contribution in [2.45, 2.75) is 44.7 Å². The molecule has 5 heteroatoms. The molecular weight excluding hydrogens is 276 g/mol. The second-order valence-corrected chi connectivity index (χ2v) is 5.90. The van der Waals surface area contributed by atoms with Gasteiger partial charge in [0.2, 0.25) is 0 Å². The van der Waals surface area contributed by atoms with E-state index in [1.54, 1.807) is 0 Å². The summed E-state index contributed by atoms with van der Waals surface area (Å²) in [5.41, 5.74) is 1.94. The van der Waals surface area contributed by atoms with Gasteiger partial charge < -0.3 is 10.6 Å². The van der Waals surface area contributed by atoms with Crippen molar-refractivity contribution in [2.75, 3.05) is 5.32 Å². The summed E-state index contributed by atoms with van der Waals surface area (Å²) in [6, 6.07) is 10.4. The van der Waals surface area contributed by atoms with Crippen molar-refractivity contribution in [1.82, 2.24) is 15.1 Å². The van der Waals surface area contributed by atoms with Crippen LogP contribution >= 0.6 is 0 Å². The molecule has 1 aliphatic carbocycles. The number of nitrogens with zero attached hydrogens (tertiary/aromatic N) is 2. The third-order valence-electron chi connectivity index (χ3n) is 4.32. The van der Waals surface area contributed by atoms with Crippen molar-refractivity contribution in [3.63, 3.8) is 0 Å². The van der Waals surface area contributed by atoms with Gasteiger partial charge >= 0.3 is 6.03 Å². The summed E-state index contributed by atoms with van der Waals surface area (Å²) in [5.74, 6) is 0. The van der Waals surface area contributed by atoms with Crippen molar-refractivity contribution in [1.29, 1.82) is 0 Å². The van der Waals surface area contributed by atoms with E-state index < -0.39 is 0 Å². The molecule has 0 unspecified atom stereocenters. The summed E-state index contributed by atoms with van der Waals surface area (Å²) in [5, 5.41) is 10.3. The zero-order chi connectivity index (χ0) is 15.4. The number of benzene rings is 1. The van der Waals surface area contributed by atoms with Crippen molar-refractivity contribution < 1.29 is 4.79 Å². The van der Waals surface area contributed by atoms with Gasteiger partial charge in [-0.25, -0.2) is 4.79 Å². The first kappa shape index (κ1) is 14.6. The third kappa shape index (κ3) is 3.47. The van der Waals surface area contributed by atoms with Gasteiger partial charge in [-0.15, -0.1) is 0 Å². The maximum atomic E-state index is 12.1. The lowest BCUT2D eigenvalue weighted by Crippen LogP contribution is -2.40. The molecule has 5 nitrogen and oxygen atoms in total. The van der Waals surface area contributed by atoms with Crippen LogP contribution in [0.5, 0.6) is 0 Å². The molecule has 2 amide bonds. The number of para-hydroxylation sites is 1. The molecule has 1 aromatic carbocycles. The van der Waals surface area contributed by atoms with Gasteiger partial charge in [-0.3, -0.25) is 4.68 Å². The van der Waals surface area contributed by atoms with E-state index in [0.717, 1.165) is 36.9 Å². The van der Waals surface area contributed by atoms with Crippen molar-refractivity contribution in [3.8, 4) is 0 Å². The highest BCUT2D eigenvalue weighted by molar-refractivity contribution is 5.90. The van der Waals surface area contributed by atoms with E-state index in [2.05, 4.69) is 15.7 Å². The lowest BCUT2D eigenvalue weighted by Gasteiger charge is -2.29. The predicted molar refractivity (Wildman–Crippen MR) is 86.9 cm³/mol. The molecule has 1 fully saturated rings. The van der Waals surface area contributed by atoms with Gasteiger partial charge in [-0.05, 0) is 50.3 Å². The summed E-state index contributed by atoms with van der Waals surface area (Å²) in [6.45, 7) is 1.99. The van der Waals surface area contributed by atoms with Gasteiger partial charge in [0.25, 0.3) is 0 Å². The molecule has 1 aliphatic rings. The molecule has 0 saturated heterocycles. The van der Waals surface area contributed by atoms with Gasteiger partial charge in [-0.1, -0.05) is 18.2 Å². The average Bonchev–Trinajstić information content (AvgIpc) is 3.05. The Balaban J connectivity index is 1.48. The third-order valence-corrected chi connectivity index (χ3v) is 4.32. The monoisotopic (exact) mass is 298 g/mol. The van der Waals surface area contributed by atoms with Crippen LogP contribution in [0.25, 0.3) is 0 Å². The standard InChI is InChI=1S/C17H22N4O/c1-13-5-2-3-6-16(13)20-17(22)19-14-7-9-15(10-8-14)21-12-4-11-18-21/h2-6,11-12,14-15H,7-10H2,1H3,(H2,19,20,22). The molecule has 0 aliphatic heterocycles. The number of aryl methyl sites for hydroxylation is 1. The Bertz CT molecular complexity index is 615. The largest absolute Gasteiger partial charge is 0.335 e. The first-order chi connectivity index (χ1) is 10.7. The minimum Gasteiger partial charge on any atom is -0.335 e.